The standard InChI is InChI=1S/C11H14N2O2/c1-9-6-10(8-12-7-9)11(14)13-2-4-15-5-3-13/h6-8H,2-5H2,1H3. The molecule has 0 unspecified atom stereocenters. The van der Waals surface area contributed by atoms with Crippen LogP contribution in [0.1, 0.15) is 15.9 Å². The van der Waals surface area contributed by atoms with Crippen molar-refractivity contribution in [2.75, 3.05) is 26.3 Å². The predicted octanol–water partition coefficient (Wildman–Crippen LogP) is 0.862. The Morgan fingerprint density at radius 3 is 2.80 bits per heavy atom. The summed E-state index contributed by atoms with van der Waals surface area (Å²) in [5.74, 6) is 0.0505. The van der Waals surface area contributed by atoms with Crippen molar-refractivity contribution in [2.24, 2.45) is 0 Å². The lowest BCUT2D eigenvalue weighted by Crippen LogP contribution is -2.40. The van der Waals surface area contributed by atoms with Crippen molar-refractivity contribution < 1.29 is 9.53 Å². The fraction of sp³-hybridized carbons (Fsp3) is 0.455. The van der Waals surface area contributed by atoms with Crippen molar-refractivity contribution in [3.8, 4) is 0 Å². The zero-order chi connectivity index (χ0) is 10.7. The predicted molar refractivity (Wildman–Crippen MR) is 55.7 cm³/mol. The molecule has 1 aliphatic rings. The molecule has 2 rings (SSSR count). The SMILES string of the molecule is Cc1cncc(C(=O)N2CCOCC2)c1. The van der Waals surface area contributed by atoms with Gasteiger partial charge in [-0.2, -0.15) is 0 Å². The van der Waals surface area contributed by atoms with E-state index in [2.05, 4.69) is 4.98 Å². The van der Waals surface area contributed by atoms with E-state index >= 15 is 0 Å². The Kier molecular flexibility index (Phi) is 2.97. The number of ether oxygens (including phenoxy) is 1. The molecule has 0 radical (unpaired) electrons. The number of carbonyl (C=O) groups excluding carboxylic acids is 1. The first-order valence-corrected chi connectivity index (χ1v) is 5.06. The zero-order valence-corrected chi connectivity index (χ0v) is 8.77. The Morgan fingerprint density at radius 2 is 2.13 bits per heavy atom. The summed E-state index contributed by atoms with van der Waals surface area (Å²) >= 11 is 0. The van der Waals surface area contributed by atoms with Crippen LogP contribution in [0.2, 0.25) is 0 Å². The molecule has 0 saturated carbocycles. The van der Waals surface area contributed by atoms with Crippen LogP contribution < -0.4 is 0 Å². The Balaban J connectivity index is 2.12. The first-order chi connectivity index (χ1) is 7.27. The normalized spacial score (nSPS) is 16.5. The van der Waals surface area contributed by atoms with Gasteiger partial charge in [-0.15, -0.1) is 0 Å². The average molecular weight is 206 g/mol. The number of aryl methyl sites for hydroxylation is 1. The molecule has 0 spiro atoms. The molecule has 1 aromatic heterocycles. The number of pyridine rings is 1. The summed E-state index contributed by atoms with van der Waals surface area (Å²) in [5, 5.41) is 0. The minimum absolute atomic E-state index is 0.0505. The third-order valence-corrected chi connectivity index (χ3v) is 2.42. The van der Waals surface area contributed by atoms with Crippen LogP contribution in [0, 0.1) is 6.92 Å². The maximum Gasteiger partial charge on any atom is 0.255 e. The zero-order valence-electron chi connectivity index (χ0n) is 8.77. The van der Waals surface area contributed by atoms with Crippen LogP contribution in [0.4, 0.5) is 0 Å². The second-order valence-corrected chi connectivity index (χ2v) is 3.66. The number of rotatable bonds is 1. The van der Waals surface area contributed by atoms with Crippen molar-refractivity contribution in [3.05, 3.63) is 29.6 Å². The summed E-state index contributed by atoms with van der Waals surface area (Å²) in [6.07, 6.45) is 3.36. The molecule has 0 aromatic carbocycles. The molecule has 15 heavy (non-hydrogen) atoms. The molecule has 1 fully saturated rings. The van der Waals surface area contributed by atoms with Gasteiger partial charge in [-0.1, -0.05) is 0 Å². The molecule has 4 nitrogen and oxygen atoms in total. The Bertz CT molecular complexity index is 359. The van der Waals surface area contributed by atoms with Gasteiger partial charge in [-0.25, -0.2) is 0 Å². The quantitative estimate of drug-likeness (QED) is 0.684. The van der Waals surface area contributed by atoms with E-state index in [9.17, 15) is 4.79 Å². The van der Waals surface area contributed by atoms with E-state index < -0.39 is 0 Å². The minimum atomic E-state index is 0.0505. The fourth-order valence-corrected chi connectivity index (χ4v) is 1.62. The van der Waals surface area contributed by atoms with Crippen LogP contribution in [0.15, 0.2) is 18.5 Å². The molecular formula is C11H14N2O2. The smallest absolute Gasteiger partial charge is 0.255 e. The molecule has 0 N–H and O–H groups in total. The minimum Gasteiger partial charge on any atom is -0.378 e. The first-order valence-electron chi connectivity index (χ1n) is 5.06. The van der Waals surface area contributed by atoms with E-state index in [1.807, 2.05) is 13.0 Å². The first kappa shape index (κ1) is 10.1. The average Bonchev–Trinajstić information content (AvgIpc) is 2.29. The third-order valence-electron chi connectivity index (χ3n) is 2.42. The van der Waals surface area contributed by atoms with Gasteiger partial charge in [0, 0.05) is 25.5 Å². The highest BCUT2D eigenvalue weighted by Crippen LogP contribution is 2.07. The molecule has 1 aliphatic heterocycles. The van der Waals surface area contributed by atoms with Gasteiger partial charge in [0.1, 0.15) is 0 Å². The second kappa shape index (κ2) is 4.40. The number of hydrogen-bond donors (Lipinski definition) is 0. The van der Waals surface area contributed by atoms with Gasteiger partial charge >= 0.3 is 0 Å². The molecule has 0 bridgehead atoms. The van der Waals surface area contributed by atoms with Crippen LogP contribution in [0.3, 0.4) is 0 Å². The number of aromatic nitrogens is 1. The van der Waals surface area contributed by atoms with E-state index in [0.29, 0.717) is 31.9 Å². The van der Waals surface area contributed by atoms with Gasteiger partial charge in [-0.05, 0) is 18.6 Å². The topological polar surface area (TPSA) is 42.4 Å². The molecule has 2 heterocycles. The van der Waals surface area contributed by atoms with E-state index in [1.54, 1.807) is 17.3 Å². The van der Waals surface area contributed by atoms with Crippen molar-refractivity contribution in [1.82, 2.24) is 9.88 Å². The summed E-state index contributed by atoms with van der Waals surface area (Å²) < 4.78 is 5.20. The maximum absolute atomic E-state index is 12.0. The van der Waals surface area contributed by atoms with Crippen LogP contribution in [0.25, 0.3) is 0 Å². The maximum atomic E-state index is 12.0. The van der Waals surface area contributed by atoms with Gasteiger partial charge < -0.3 is 9.64 Å². The number of nitrogens with zero attached hydrogens (tertiary/aromatic N) is 2. The Morgan fingerprint density at radius 1 is 1.40 bits per heavy atom. The number of hydrogen-bond acceptors (Lipinski definition) is 3. The summed E-state index contributed by atoms with van der Waals surface area (Å²) in [7, 11) is 0. The summed E-state index contributed by atoms with van der Waals surface area (Å²) in [6, 6.07) is 1.87. The van der Waals surface area contributed by atoms with Crippen molar-refractivity contribution in [2.45, 2.75) is 6.92 Å². The molecule has 80 valence electrons. The highest BCUT2D eigenvalue weighted by atomic mass is 16.5. The van der Waals surface area contributed by atoms with Gasteiger partial charge in [0.25, 0.3) is 5.91 Å². The summed E-state index contributed by atoms with van der Waals surface area (Å²) in [6.45, 7) is 4.54. The highest BCUT2D eigenvalue weighted by molar-refractivity contribution is 5.94. The van der Waals surface area contributed by atoms with Crippen LogP contribution in [-0.4, -0.2) is 42.1 Å². The highest BCUT2D eigenvalue weighted by Gasteiger charge is 2.18. The largest absolute Gasteiger partial charge is 0.378 e. The molecule has 0 aliphatic carbocycles. The van der Waals surface area contributed by atoms with E-state index in [0.717, 1.165) is 5.56 Å². The second-order valence-electron chi connectivity index (χ2n) is 3.66. The van der Waals surface area contributed by atoms with Gasteiger partial charge in [-0.3, -0.25) is 9.78 Å². The Labute approximate surface area is 88.9 Å². The summed E-state index contributed by atoms with van der Waals surface area (Å²) in [5.41, 5.74) is 1.67. The van der Waals surface area contributed by atoms with Crippen molar-refractivity contribution in [3.63, 3.8) is 0 Å². The van der Waals surface area contributed by atoms with Crippen LogP contribution in [0.5, 0.6) is 0 Å². The molecular weight excluding hydrogens is 192 g/mol. The number of amides is 1. The lowest BCUT2D eigenvalue weighted by Gasteiger charge is -2.26. The lowest BCUT2D eigenvalue weighted by atomic mass is 10.2. The fourth-order valence-electron chi connectivity index (χ4n) is 1.62. The van der Waals surface area contributed by atoms with Gasteiger partial charge in [0.05, 0.1) is 18.8 Å². The Hall–Kier alpha value is -1.42. The monoisotopic (exact) mass is 206 g/mol. The van der Waals surface area contributed by atoms with Crippen LogP contribution >= 0.6 is 0 Å². The van der Waals surface area contributed by atoms with Gasteiger partial charge in [0.15, 0.2) is 0 Å². The third kappa shape index (κ3) is 2.33. The van der Waals surface area contributed by atoms with E-state index in [1.165, 1.54) is 0 Å². The molecule has 4 heteroatoms. The number of morpholine rings is 1. The summed E-state index contributed by atoms with van der Waals surface area (Å²) in [4.78, 5) is 17.8. The van der Waals surface area contributed by atoms with Crippen LogP contribution in [-0.2, 0) is 4.74 Å². The molecule has 1 aromatic rings. The molecule has 1 saturated heterocycles. The molecule has 0 atom stereocenters. The van der Waals surface area contributed by atoms with Crippen molar-refractivity contribution in [1.29, 1.82) is 0 Å². The lowest BCUT2D eigenvalue weighted by molar-refractivity contribution is 0.0302. The van der Waals surface area contributed by atoms with Gasteiger partial charge in [0.2, 0.25) is 0 Å². The van der Waals surface area contributed by atoms with E-state index in [4.69, 9.17) is 4.74 Å². The number of carbonyl (C=O) groups is 1. The van der Waals surface area contributed by atoms with Crippen molar-refractivity contribution >= 4 is 5.91 Å². The molecule has 1 amide bonds. The van der Waals surface area contributed by atoms with E-state index in [-0.39, 0.29) is 5.91 Å².